The molecule has 1 atom stereocenters. The number of hydrogen-bond donors (Lipinski definition) is 2. The Balaban J connectivity index is 1.87. The first-order valence-electron chi connectivity index (χ1n) is 6.67. The second kappa shape index (κ2) is 6.93. The van der Waals surface area contributed by atoms with Crippen LogP contribution in [0.4, 0.5) is 0 Å². The normalized spacial score (nSPS) is 16.7. The van der Waals surface area contributed by atoms with Crippen molar-refractivity contribution in [3.05, 3.63) is 46.5 Å². The van der Waals surface area contributed by atoms with Crippen LogP contribution in [-0.2, 0) is 0 Å². The summed E-state index contributed by atoms with van der Waals surface area (Å²) in [7, 11) is 0. The van der Waals surface area contributed by atoms with E-state index in [1.54, 1.807) is 5.57 Å². The summed E-state index contributed by atoms with van der Waals surface area (Å²) < 4.78 is 0. The number of rotatable bonds is 6. The fourth-order valence-corrected chi connectivity index (χ4v) is 2.72. The minimum Gasteiger partial charge on any atom is -0.329 e. The van der Waals surface area contributed by atoms with E-state index in [4.69, 9.17) is 17.3 Å². The number of allylic oxidation sites excluding steroid dienone is 1. The number of halogens is 1. The number of nitrogens with one attached hydrogen (secondary N) is 1. The van der Waals surface area contributed by atoms with Gasteiger partial charge < -0.3 is 11.1 Å². The van der Waals surface area contributed by atoms with E-state index in [9.17, 15) is 0 Å². The Morgan fingerprint density at radius 2 is 2.17 bits per heavy atom. The van der Waals surface area contributed by atoms with Gasteiger partial charge in [-0.15, -0.1) is 0 Å². The summed E-state index contributed by atoms with van der Waals surface area (Å²) in [5, 5.41) is 4.30. The van der Waals surface area contributed by atoms with E-state index in [1.165, 1.54) is 19.3 Å². The van der Waals surface area contributed by atoms with Gasteiger partial charge in [0, 0.05) is 17.6 Å². The molecule has 1 unspecified atom stereocenters. The fraction of sp³-hybridized carbons (Fsp3) is 0.467. The average molecular weight is 265 g/mol. The van der Waals surface area contributed by atoms with E-state index in [0.717, 1.165) is 23.6 Å². The summed E-state index contributed by atoms with van der Waals surface area (Å²) in [6, 6.07) is 8.07. The minimum atomic E-state index is 0.153. The maximum Gasteiger partial charge on any atom is 0.0459 e. The molecular weight excluding hydrogens is 244 g/mol. The molecule has 1 aliphatic rings. The van der Waals surface area contributed by atoms with Crippen molar-refractivity contribution in [2.45, 2.75) is 31.7 Å². The monoisotopic (exact) mass is 264 g/mol. The standard InChI is InChI=1S/C15H21ClN2/c16-14-8-4-3-7-13(14)15(11-17)18-10-9-12-5-1-2-6-12/h3-5,7-8,15,18H,1-2,6,9-11,17H2. The van der Waals surface area contributed by atoms with Crippen LogP contribution in [0.5, 0.6) is 0 Å². The molecule has 2 nitrogen and oxygen atoms in total. The van der Waals surface area contributed by atoms with Crippen LogP contribution in [0.1, 0.15) is 37.3 Å². The Hall–Kier alpha value is -0.830. The maximum absolute atomic E-state index is 6.20. The number of benzene rings is 1. The molecule has 1 aromatic carbocycles. The second-order valence-corrected chi connectivity index (χ2v) is 5.18. The summed E-state index contributed by atoms with van der Waals surface area (Å²) in [5.41, 5.74) is 8.51. The van der Waals surface area contributed by atoms with E-state index in [0.29, 0.717) is 6.54 Å². The molecule has 0 spiro atoms. The zero-order chi connectivity index (χ0) is 12.8. The molecule has 98 valence electrons. The van der Waals surface area contributed by atoms with Crippen molar-refractivity contribution in [2.24, 2.45) is 5.73 Å². The topological polar surface area (TPSA) is 38.0 Å². The third-order valence-corrected chi connectivity index (χ3v) is 3.83. The molecule has 0 aromatic heterocycles. The lowest BCUT2D eigenvalue weighted by molar-refractivity contribution is 0.542. The van der Waals surface area contributed by atoms with Crippen molar-refractivity contribution in [1.29, 1.82) is 0 Å². The molecule has 3 N–H and O–H groups in total. The highest BCUT2D eigenvalue weighted by Crippen LogP contribution is 2.23. The van der Waals surface area contributed by atoms with Crippen molar-refractivity contribution in [1.82, 2.24) is 5.32 Å². The average Bonchev–Trinajstić information content (AvgIpc) is 2.89. The summed E-state index contributed by atoms with van der Waals surface area (Å²) in [6.45, 7) is 1.54. The van der Waals surface area contributed by atoms with Crippen LogP contribution < -0.4 is 11.1 Å². The zero-order valence-corrected chi connectivity index (χ0v) is 11.4. The van der Waals surface area contributed by atoms with Gasteiger partial charge in [-0.3, -0.25) is 0 Å². The molecule has 0 bridgehead atoms. The molecule has 1 aromatic rings. The first-order chi connectivity index (χ1) is 8.81. The third-order valence-electron chi connectivity index (χ3n) is 3.49. The van der Waals surface area contributed by atoms with Crippen LogP contribution in [0.3, 0.4) is 0 Å². The van der Waals surface area contributed by atoms with Gasteiger partial charge in [-0.25, -0.2) is 0 Å². The fourth-order valence-electron chi connectivity index (χ4n) is 2.45. The Kier molecular flexibility index (Phi) is 5.24. The summed E-state index contributed by atoms with van der Waals surface area (Å²) in [6.07, 6.45) is 7.33. The molecule has 0 amide bonds. The highest BCUT2D eigenvalue weighted by Gasteiger charge is 2.12. The highest BCUT2D eigenvalue weighted by molar-refractivity contribution is 6.31. The molecule has 2 rings (SSSR count). The van der Waals surface area contributed by atoms with Crippen LogP contribution in [0, 0.1) is 0 Å². The van der Waals surface area contributed by atoms with Gasteiger partial charge in [0.15, 0.2) is 0 Å². The van der Waals surface area contributed by atoms with Gasteiger partial charge in [-0.2, -0.15) is 0 Å². The third kappa shape index (κ3) is 3.58. The number of hydrogen-bond acceptors (Lipinski definition) is 2. The SMILES string of the molecule is NCC(NCCC1=CCCC1)c1ccccc1Cl. The lowest BCUT2D eigenvalue weighted by Crippen LogP contribution is -2.29. The summed E-state index contributed by atoms with van der Waals surface area (Å²) in [5.74, 6) is 0. The van der Waals surface area contributed by atoms with E-state index in [-0.39, 0.29) is 6.04 Å². The predicted molar refractivity (Wildman–Crippen MR) is 77.8 cm³/mol. The first-order valence-corrected chi connectivity index (χ1v) is 7.05. The van der Waals surface area contributed by atoms with Crippen molar-refractivity contribution >= 4 is 11.6 Å². The summed E-state index contributed by atoms with van der Waals surface area (Å²) >= 11 is 6.20. The van der Waals surface area contributed by atoms with Crippen molar-refractivity contribution < 1.29 is 0 Å². The Bertz CT molecular complexity index is 415. The van der Waals surface area contributed by atoms with E-state index >= 15 is 0 Å². The molecular formula is C15H21ClN2. The van der Waals surface area contributed by atoms with Gasteiger partial charge in [0.1, 0.15) is 0 Å². The van der Waals surface area contributed by atoms with E-state index in [2.05, 4.69) is 11.4 Å². The maximum atomic E-state index is 6.20. The Morgan fingerprint density at radius 3 is 2.83 bits per heavy atom. The van der Waals surface area contributed by atoms with Crippen LogP contribution >= 0.6 is 11.6 Å². The molecule has 0 aliphatic heterocycles. The molecule has 1 aliphatic carbocycles. The van der Waals surface area contributed by atoms with Crippen LogP contribution in [0.15, 0.2) is 35.9 Å². The van der Waals surface area contributed by atoms with Gasteiger partial charge in [0.05, 0.1) is 0 Å². The smallest absolute Gasteiger partial charge is 0.0459 e. The lowest BCUT2D eigenvalue weighted by atomic mass is 10.1. The van der Waals surface area contributed by atoms with Crippen LogP contribution in [0.2, 0.25) is 5.02 Å². The molecule has 0 radical (unpaired) electrons. The van der Waals surface area contributed by atoms with E-state index in [1.807, 2.05) is 24.3 Å². The molecule has 0 saturated heterocycles. The van der Waals surface area contributed by atoms with Gasteiger partial charge in [-0.05, 0) is 43.9 Å². The molecule has 18 heavy (non-hydrogen) atoms. The quantitative estimate of drug-likeness (QED) is 0.773. The summed E-state index contributed by atoms with van der Waals surface area (Å²) in [4.78, 5) is 0. The van der Waals surface area contributed by atoms with Gasteiger partial charge in [-0.1, -0.05) is 41.4 Å². The van der Waals surface area contributed by atoms with Crippen molar-refractivity contribution in [2.75, 3.05) is 13.1 Å². The lowest BCUT2D eigenvalue weighted by Gasteiger charge is -2.18. The Morgan fingerprint density at radius 1 is 1.33 bits per heavy atom. The van der Waals surface area contributed by atoms with E-state index < -0.39 is 0 Å². The van der Waals surface area contributed by atoms with Crippen LogP contribution in [-0.4, -0.2) is 13.1 Å². The second-order valence-electron chi connectivity index (χ2n) is 4.77. The van der Waals surface area contributed by atoms with Crippen LogP contribution in [0.25, 0.3) is 0 Å². The predicted octanol–water partition coefficient (Wildman–Crippen LogP) is 3.43. The molecule has 0 fully saturated rings. The number of nitrogens with two attached hydrogens (primary N) is 1. The zero-order valence-electron chi connectivity index (χ0n) is 10.7. The molecule has 3 heteroatoms. The highest BCUT2D eigenvalue weighted by atomic mass is 35.5. The Labute approximate surface area is 114 Å². The molecule has 0 heterocycles. The van der Waals surface area contributed by atoms with Crippen molar-refractivity contribution in [3.63, 3.8) is 0 Å². The largest absolute Gasteiger partial charge is 0.329 e. The van der Waals surface area contributed by atoms with Gasteiger partial charge in [0.2, 0.25) is 0 Å². The molecule has 0 saturated carbocycles. The van der Waals surface area contributed by atoms with Gasteiger partial charge in [0.25, 0.3) is 0 Å². The van der Waals surface area contributed by atoms with Crippen molar-refractivity contribution in [3.8, 4) is 0 Å². The van der Waals surface area contributed by atoms with Gasteiger partial charge >= 0.3 is 0 Å². The minimum absolute atomic E-state index is 0.153. The first kappa shape index (κ1) is 13.6.